The minimum absolute atomic E-state index is 0.0532. The molecule has 0 bridgehead atoms. The summed E-state index contributed by atoms with van der Waals surface area (Å²) in [6.07, 6.45) is 0. The van der Waals surface area contributed by atoms with E-state index in [4.69, 9.17) is 12.2 Å². The highest BCUT2D eigenvalue weighted by molar-refractivity contribution is 7.80. The van der Waals surface area contributed by atoms with Crippen molar-refractivity contribution in [3.05, 3.63) is 0 Å². The Labute approximate surface area is 76.3 Å². The number of carbonyl (C=O) groups excluding carboxylic acids is 1. The average Bonchev–Trinajstić information content (AvgIpc) is 1.82. The summed E-state index contributed by atoms with van der Waals surface area (Å²) < 4.78 is 0. The summed E-state index contributed by atoms with van der Waals surface area (Å²) in [7, 11) is 0. The van der Waals surface area contributed by atoms with Crippen LogP contribution >= 0.6 is 12.2 Å². The van der Waals surface area contributed by atoms with Crippen molar-refractivity contribution < 1.29 is 9.90 Å². The van der Waals surface area contributed by atoms with Crippen LogP contribution in [0.4, 0.5) is 0 Å². The second-order valence-electron chi connectivity index (χ2n) is 3.15. The topological polar surface area (TPSA) is 61.4 Å². The zero-order chi connectivity index (χ0) is 9.35. The van der Waals surface area contributed by atoms with Crippen molar-refractivity contribution >= 4 is 23.1 Å². The first kappa shape index (κ1) is 9.41. The number of Topliss-reactive ketones (excluding diaryl/α,β-unsaturated/α-hetero) is 1. The third kappa shape index (κ3) is 1.73. The van der Waals surface area contributed by atoms with Gasteiger partial charge in [-0.25, -0.2) is 0 Å². The standard InChI is InChI=1S/C7H12N2O2S/c1-4(10)5-3-8-6(12)9-7(5,2)11/h5,11H,3H2,1-2H3,(H2,8,9,12)/t5-,7-/m0/s1. The predicted octanol–water partition coefficient (Wildman–Crippen LogP) is -0.622. The molecule has 0 aliphatic carbocycles. The zero-order valence-corrected chi connectivity index (χ0v) is 7.86. The third-order valence-corrected chi connectivity index (χ3v) is 2.25. The Morgan fingerprint density at radius 1 is 1.83 bits per heavy atom. The molecule has 1 fully saturated rings. The Kier molecular flexibility index (Phi) is 2.34. The number of hydrogen-bond donors (Lipinski definition) is 3. The Morgan fingerprint density at radius 3 is 2.83 bits per heavy atom. The van der Waals surface area contributed by atoms with Gasteiger partial charge in [-0.15, -0.1) is 0 Å². The van der Waals surface area contributed by atoms with Crippen molar-refractivity contribution in [3.8, 4) is 0 Å². The Hall–Kier alpha value is -0.680. The van der Waals surface area contributed by atoms with Crippen LogP contribution in [0.15, 0.2) is 0 Å². The quantitative estimate of drug-likeness (QED) is 0.479. The molecule has 5 heteroatoms. The van der Waals surface area contributed by atoms with Gasteiger partial charge < -0.3 is 15.7 Å². The van der Waals surface area contributed by atoms with Crippen LogP contribution in [-0.4, -0.2) is 28.3 Å². The molecule has 1 aliphatic rings. The molecule has 1 saturated heterocycles. The molecule has 1 aliphatic heterocycles. The van der Waals surface area contributed by atoms with Crippen LogP contribution in [0.3, 0.4) is 0 Å². The average molecular weight is 188 g/mol. The second-order valence-corrected chi connectivity index (χ2v) is 3.55. The van der Waals surface area contributed by atoms with Crippen LogP contribution in [0.25, 0.3) is 0 Å². The van der Waals surface area contributed by atoms with Gasteiger partial charge in [0.2, 0.25) is 0 Å². The minimum Gasteiger partial charge on any atom is -0.370 e. The molecule has 3 N–H and O–H groups in total. The van der Waals surface area contributed by atoms with E-state index in [-0.39, 0.29) is 5.78 Å². The first-order valence-corrected chi connectivity index (χ1v) is 4.13. The predicted molar refractivity (Wildman–Crippen MR) is 48.5 cm³/mol. The highest BCUT2D eigenvalue weighted by Gasteiger charge is 2.38. The number of ketones is 1. The Bertz CT molecular complexity index is 227. The number of rotatable bonds is 1. The normalized spacial score (nSPS) is 35.2. The van der Waals surface area contributed by atoms with Gasteiger partial charge in [-0.05, 0) is 26.1 Å². The summed E-state index contributed by atoms with van der Waals surface area (Å²) in [5.74, 6) is -0.494. The number of aliphatic hydroxyl groups is 1. The van der Waals surface area contributed by atoms with Gasteiger partial charge in [-0.3, -0.25) is 4.79 Å². The summed E-state index contributed by atoms with van der Waals surface area (Å²) in [6.45, 7) is 3.40. The SMILES string of the molecule is CC(=O)[C@@H]1CNC(=S)N[C@@]1(C)O. The van der Waals surface area contributed by atoms with Crippen LogP contribution in [0.2, 0.25) is 0 Å². The highest BCUT2D eigenvalue weighted by atomic mass is 32.1. The van der Waals surface area contributed by atoms with Gasteiger partial charge in [0.1, 0.15) is 11.5 Å². The summed E-state index contributed by atoms with van der Waals surface area (Å²) >= 11 is 4.80. The lowest BCUT2D eigenvalue weighted by Gasteiger charge is -2.37. The van der Waals surface area contributed by atoms with E-state index in [1.54, 1.807) is 6.92 Å². The maximum atomic E-state index is 11.0. The van der Waals surface area contributed by atoms with E-state index in [2.05, 4.69) is 10.6 Å². The van der Waals surface area contributed by atoms with Gasteiger partial charge in [-0.2, -0.15) is 0 Å². The van der Waals surface area contributed by atoms with Crippen molar-refractivity contribution in [1.82, 2.24) is 10.6 Å². The van der Waals surface area contributed by atoms with Crippen LogP contribution in [0.5, 0.6) is 0 Å². The number of nitrogens with one attached hydrogen (secondary N) is 2. The molecule has 2 atom stereocenters. The number of thiocarbonyl (C=S) groups is 1. The third-order valence-electron chi connectivity index (χ3n) is 2.00. The molecule has 0 unspecified atom stereocenters. The maximum Gasteiger partial charge on any atom is 0.168 e. The van der Waals surface area contributed by atoms with Gasteiger partial charge in [0, 0.05) is 6.54 Å². The van der Waals surface area contributed by atoms with Crippen LogP contribution in [-0.2, 0) is 4.79 Å². The fourth-order valence-corrected chi connectivity index (χ4v) is 1.58. The smallest absolute Gasteiger partial charge is 0.168 e. The summed E-state index contributed by atoms with van der Waals surface area (Å²) in [4.78, 5) is 11.0. The molecule has 0 aromatic heterocycles. The lowest BCUT2D eigenvalue weighted by molar-refractivity contribution is -0.130. The van der Waals surface area contributed by atoms with E-state index >= 15 is 0 Å². The molecule has 0 spiro atoms. The van der Waals surface area contributed by atoms with Crippen molar-refractivity contribution in [3.63, 3.8) is 0 Å². The minimum atomic E-state index is -1.21. The summed E-state index contributed by atoms with van der Waals surface area (Å²) in [6, 6.07) is 0. The molecule has 0 aromatic rings. The fourth-order valence-electron chi connectivity index (χ4n) is 1.29. The molecule has 0 saturated carbocycles. The molecule has 12 heavy (non-hydrogen) atoms. The van der Waals surface area contributed by atoms with Crippen molar-refractivity contribution in [2.24, 2.45) is 5.92 Å². The molecule has 4 nitrogen and oxygen atoms in total. The summed E-state index contributed by atoms with van der Waals surface area (Å²) in [5.41, 5.74) is -1.21. The number of carbonyl (C=O) groups is 1. The first-order chi connectivity index (χ1) is 5.43. The highest BCUT2D eigenvalue weighted by Crippen LogP contribution is 2.17. The molecule has 1 heterocycles. The Balaban J connectivity index is 2.77. The lowest BCUT2D eigenvalue weighted by atomic mass is 9.92. The molecule has 0 aromatic carbocycles. The van der Waals surface area contributed by atoms with E-state index in [0.717, 1.165) is 0 Å². The Morgan fingerprint density at radius 2 is 2.42 bits per heavy atom. The van der Waals surface area contributed by atoms with Crippen LogP contribution < -0.4 is 10.6 Å². The van der Waals surface area contributed by atoms with Crippen molar-refractivity contribution in [2.75, 3.05) is 6.54 Å². The van der Waals surface area contributed by atoms with Crippen molar-refractivity contribution in [2.45, 2.75) is 19.6 Å². The van der Waals surface area contributed by atoms with Gasteiger partial charge in [0.15, 0.2) is 5.11 Å². The molecule has 1 rings (SSSR count). The first-order valence-electron chi connectivity index (χ1n) is 3.72. The van der Waals surface area contributed by atoms with Crippen LogP contribution in [0.1, 0.15) is 13.8 Å². The fraction of sp³-hybridized carbons (Fsp3) is 0.714. The van der Waals surface area contributed by atoms with Gasteiger partial charge in [0.05, 0.1) is 5.92 Å². The second kappa shape index (κ2) is 2.99. The summed E-state index contributed by atoms with van der Waals surface area (Å²) in [5, 5.41) is 15.6. The molecular weight excluding hydrogens is 176 g/mol. The monoisotopic (exact) mass is 188 g/mol. The van der Waals surface area contributed by atoms with E-state index in [0.29, 0.717) is 11.7 Å². The van der Waals surface area contributed by atoms with Gasteiger partial charge >= 0.3 is 0 Å². The van der Waals surface area contributed by atoms with Crippen molar-refractivity contribution in [1.29, 1.82) is 0 Å². The van der Waals surface area contributed by atoms with Gasteiger partial charge in [-0.1, -0.05) is 0 Å². The van der Waals surface area contributed by atoms with Gasteiger partial charge in [0.25, 0.3) is 0 Å². The molecule has 0 amide bonds. The van der Waals surface area contributed by atoms with E-state index in [1.165, 1.54) is 6.92 Å². The number of hydrogen-bond acceptors (Lipinski definition) is 3. The molecule has 0 radical (unpaired) electrons. The lowest BCUT2D eigenvalue weighted by Crippen LogP contribution is -2.64. The maximum absolute atomic E-state index is 11.0. The van der Waals surface area contributed by atoms with Crippen LogP contribution in [0, 0.1) is 5.92 Å². The largest absolute Gasteiger partial charge is 0.370 e. The molecule has 68 valence electrons. The molecular formula is C7H12N2O2S. The van der Waals surface area contributed by atoms with E-state index in [1.807, 2.05) is 0 Å². The van der Waals surface area contributed by atoms with E-state index < -0.39 is 11.6 Å². The van der Waals surface area contributed by atoms with E-state index in [9.17, 15) is 9.90 Å². The zero-order valence-electron chi connectivity index (χ0n) is 7.05.